The lowest BCUT2D eigenvalue weighted by Crippen LogP contribution is -2.13. The van der Waals surface area contributed by atoms with E-state index in [1.807, 2.05) is 30.3 Å². The first-order valence-electron chi connectivity index (χ1n) is 8.33. The Morgan fingerprint density at radius 1 is 1.00 bits per heavy atom. The van der Waals surface area contributed by atoms with Gasteiger partial charge in [0.1, 0.15) is 5.75 Å². The molecule has 0 atom stereocenters. The van der Waals surface area contributed by atoms with E-state index in [1.54, 1.807) is 12.1 Å². The van der Waals surface area contributed by atoms with Crippen molar-refractivity contribution in [2.24, 2.45) is 0 Å². The Balaban J connectivity index is 1.75. The molecule has 3 aromatic rings. The molecule has 6 heteroatoms. The number of ether oxygens (including phenoxy) is 1. The number of anilines is 1. The van der Waals surface area contributed by atoms with Crippen LogP contribution < -0.4 is 10.1 Å². The summed E-state index contributed by atoms with van der Waals surface area (Å²) < 4.78 is 5.17. The fourth-order valence-electron chi connectivity index (χ4n) is 2.71. The van der Waals surface area contributed by atoms with Crippen molar-refractivity contribution in [1.29, 1.82) is 0 Å². The van der Waals surface area contributed by atoms with Crippen LogP contribution in [0.15, 0.2) is 72.8 Å². The minimum absolute atomic E-state index is 0.121. The molecule has 0 fully saturated rings. The third kappa shape index (κ3) is 4.49. The van der Waals surface area contributed by atoms with Crippen molar-refractivity contribution in [2.45, 2.75) is 6.42 Å². The fraction of sp³-hybridized carbons (Fsp3) is 0.0952. The molecule has 0 radical (unpaired) electrons. The average molecular weight is 362 g/mol. The summed E-state index contributed by atoms with van der Waals surface area (Å²) in [7, 11) is 1.44. The van der Waals surface area contributed by atoms with Crippen molar-refractivity contribution >= 4 is 17.3 Å². The van der Waals surface area contributed by atoms with E-state index in [0.29, 0.717) is 11.3 Å². The number of nitrogens with one attached hydrogen (secondary N) is 1. The summed E-state index contributed by atoms with van der Waals surface area (Å²) in [6.07, 6.45) is 0.779. The summed E-state index contributed by atoms with van der Waals surface area (Å²) in [5.74, 6) is -0.00490. The molecule has 6 nitrogen and oxygen atoms in total. The second kappa shape index (κ2) is 8.14. The molecule has 1 amide bonds. The van der Waals surface area contributed by atoms with E-state index in [4.69, 9.17) is 4.74 Å². The van der Waals surface area contributed by atoms with Gasteiger partial charge in [-0.25, -0.2) is 0 Å². The second-order valence-electron chi connectivity index (χ2n) is 5.96. The third-order valence-corrected chi connectivity index (χ3v) is 4.11. The molecule has 0 heterocycles. The zero-order valence-electron chi connectivity index (χ0n) is 14.7. The predicted octanol–water partition coefficient (Wildman–Crippen LogP) is 4.45. The summed E-state index contributed by atoms with van der Waals surface area (Å²) in [5.41, 5.74) is 2.87. The number of benzene rings is 3. The van der Waals surface area contributed by atoms with E-state index in [2.05, 4.69) is 17.4 Å². The lowest BCUT2D eigenvalue weighted by Gasteiger charge is -2.10. The Labute approximate surface area is 156 Å². The number of nitrogens with zero attached hydrogens (tertiary/aromatic N) is 1. The second-order valence-corrected chi connectivity index (χ2v) is 5.96. The molecule has 0 unspecified atom stereocenters. The maximum absolute atomic E-state index is 12.5. The van der Waals surface area contributed by atoms with Gasteiger partial charge in [-0.1, -0.05) is 42.5 Å². The number of methoxy groups -OCH3 is 1. The van der Waals surface area contributed by atoms with Crippen LogP contribution in [0.3, 0.4) is 0 Å². The maximum Gasteiger partial charge on any atom is 0.271 e. The number of carbonyl (C=O) groups is 1. The monoisotopic (exact) mass is 362 g/mol. The number of nitro benzene ring substituents is 1. The first-order valence-corrected chi connectivity index (χ1v) is 8.33. The van der Waals surface area contributed by atoms with Crippen LogP contribution in [0.4, 0.5) is 11.4 Å². The molecule has 0 aliphatic carbocycles. The summed E-state index contributed by atoms with van der Waals surface area (Å²) in [6.45, 7) is 0. The number of carbonyl (C=O) groups excluding carboxylic acids is 1. The molecule has 27 heavy (non-hydrogen) atoms. The molecule has 0 aliphatic rings. The Morgan fingerprint density at radius 2 is 1.67 bits per heavy atom. The van der Waals surface area contributed by atoms with Crippen molar-refractivity contribution in [1.82, 2.24) is 0 Å². The van der Waals surface area contributed by atoms with Crippen LogP contribution in [-0.4, -0.2) is 17.9 Å². The topological polar surface area (TPSA) is 81.5 Å². The van der Waals surface area contributed by atoms with Gasteiger partial charge in [0, 0.05) is 17.7 Å². The lowest BCUT2D eigenvalue weighted by molar-refractivity contribution is -0.384. The molecule has 0 spiro atoms. The molecule has 0 aliphatic heterocycles. The van der Waals surface area contributed by atoms with Crippen LogP contribution in [0.2, 0.25) is 0 Å². The van der Waals surface area contributed by atoms with E-state index in [1.165, 1.54) is 30.9 Å². The van der Waals surface area contributed by atoms with Gasteiger partial charge in [-0.15, -0.1) is 0 Å². The van der Waals surface area contributed by atoms with Crippen LogP contribution in [0.1, 0.15) is 21.5 Å². The van der Waals surface area contributed by atoms with Gasteiger partial charge in [-0.2, -0.15) is 0 Å². The Hall–Kier alpha value is -3.67. The highest BCUT2D eigenvalue weighted by Gasteiger charge is 2.14. The van der Waals surface area contributed by atoms with Crippen molar-refractivity contribution in [3.05, 3.63) is 99.6 Å². The van der Waals surface area contributed by atoms with Crippen LogP contribution >= 0.6 is 0 Å². The van der Waals surface area contributed by atoms with E-state index < -0.39 is 4.92 Å². The molecule has 3 rings (SSSR count). The SMILES string of the molecule is COc1ccc([N+](=O)[O-])cc1NC(=O)c1ccc(Cc2ccccc2)cc1. The molecule has 0 aromatic heterocycles. The highest BCUT2D eigenvalue weighted by Crippen LogP contribution is 2.29. The van der Waals surface area contributed by atoms with Crippen molar-refractivity contribution in [2.75, 3.05) is 12.4 Å². The minimum Gasteiger partial charge on any atom is -0.495 e. The quantitative estimate of drug-likeness (QED) is 0.519. The third-order valence-electron chi connectivity index (χ3n) is 4.11. The summed E-state index contributed by atoms with van der Waals surface area (Å²) in [5, 5.41) is 13.6. The molecular weight excluding hydrogens is 344 g/mol. The van der Waals surface area contributed by atoms with Crippen LogP contribution in [0.5, 0.6) is 5.75 Å². The van der Waals surface area contributed by atoms with Gasteiger partial charge >= 0.3 is 0 Å². The van der Waals surface area contributed by atoms with Gasteiger partial charge in [-0.05, 0) is 35.7 Å². The van der Waals surface area contributed by atoms with E-state index >= 15 is 0 Å². The van der Waals surface area contributed by atoms with Gasteiger partial charge in [0.25, 0.3) is 11.6 Å². The summed E-state index contributed by atoms with van der Waals surface area (Å²) in [6, 6.07) is 21.4. The van der Waals surface area contributed by atoms with E-state index in [0.717, 1.165) is 12.0 Å². The van der Waals surface area contributed by atoms with Crippen LogP contribution in [-0.2, 0) is 6.42 Å². The zero-order valence-corrected chi connectivity index (χ0v) is 14.7. The number of non-ortho nitro benzene ring substituents is 1. The smallest absolute Gasteiger partial charge is 0.271 e. The average Bonchev–Trinajstić information content (AvgIpc) is 2.69. The molecule has 0 saturated carbocycles. The molecular formula is C21H18N2O4. The molecule has 0 saturated heterocycles. The molecule has 0 bridgehead atoms. The highest BCUT2D eigenvalue weighted by atomic mass is 16.6. The Morgan fingerprint density at radius 3 is 2.30 bits per heavy atom. The normalized spacial score (nSPS) is 10.3. The zero-order chi connectivity index (χ0) is 19.2. The van der Waals surface area contributed by atoms with Gasteiger partial charge in [0.2, 0.25) is 0 Å². The van der Waals surface area contributed by atoms with Crippen molar-refractivity contribution in [3.63, 3.8) is 0 Å². The highest BCUT2D eigenvalue weighted by molar-refractivity contribution is 6.05. The van der Waals surface area contributed by atoms with Crippen molar-refractivity contribution < 1.29 is 14.5 Å². The number of amides is 1. The van der Waals surface area contributed by atoms with Crippen molar-refractivity contribution in [3.8, 4) is 5.75 Å². The minimum atomic E-state index is -0.520. The van der Waals surface area contributed by atoms with E-state index in [9.17, 15) is 14.9 Å². The number of rotatable bonds is 6. The summed E-state index contributed by atoms with van der Waals surface area (Å²) in [4.78, 5) is 22.9. The molecule has 136 valence electrons. The van der Waals surface area contributed by atoms with Gasteiger partial charge < -0.3 is 10.1 Å². The Bertz CT molecular complexity index is 954. The maximum atomic E-state index is 12.5. The number of nitro groups is 1. The number of hydrogen-bond acceptors (Lipinski definition) is 4. The molecule has 3 aromatic carbocycles. The first kappa shape index (κ1) is 18.1. The van der Waals surface area contributed by atoms with Gasteiger partial charge in [0.15, 0.2) is 0 Å². The first-order chi connectivity index (χ1) is 13.1. The summed E-state index contributed by atoms with van der Waals surface area (Å²) >= 11 is 0. The fourth-order valence-corrected chi connectivity index (χ4v) is 2.71. The largest absolute Gasteiger partial charge is 0.495 e. The number of hydrogen-bond donors (Lipinski definition) is 1. The van der Waals surface area contributed by atoms with E-state index in [-0.39, 0.29) is 17.3 Å². The van der Waals surface area contributed by atoms with Crippen LogP contribution in [0, 0.1) is 10.1 Å². The standard InChI is InChI=1S/C21H18N2O4/c1-27-20-12-11-18(23(25)26)14-19(20)22-21(24)17-9-7-16(8-10-17)13-15-5-3-2-4-6-15/h2-12,14H,13H2,1H3,(H,22,24). The predicted molar refractivity (Wildman–Crippen MR) is 103 cm³/mol. The van der Waals surface area contributed by atoms with Gasteiger partial charge in [0.05, 0.1) is 17.7 Å². The van der Waals surface area contributed by atoms with Crippen LogP contribution in [0.25, 0.3) is 0 Å². The van der Waals surface area contributed by atoms with Gasteiger partial charge in [-0.3, -0.25) is 14.9 Å². The lowest BCUT2D eigenvalue weighted by atomic mass is 10.0. The Kier molecular flexibility index (Phi) is 5.47. The molecule has 1 N–H and O–H groups in total.